The van der Waals surface area contributed by atoms with Crippen molar-refractivity contribution < 1.29 is 40.7 Å². The molecule has 2 aromatic heterocycles. The van der Waals surface area contributed by atoms with Gasteiger partial charge in [-0.2, -0.15) is 31.4 Å². The molecule has 0 radical (unpaired) electrons. The molecule has 4 heterocycles. The molecule has 18 heteroatoms. The van der Waals surface area contributed by atoms with Crippen molar-refractivity contribution >= 4 is 35.0 Å². The van der Waals surface area contributed by atoms with Crippen molar-refractivity contribution in [3.63, 3.8) is 0 Å². The Morgan fingerprint density at radius 2 is 1.67 bits per heavy atom. The van der Waals surface area contributed by atoms with Gasteiger partial charge in [0.2, 0.25) is 5.91 Å². The van der Waals surface area contributed by atoms with Crippen molar-refractivity contribution in [2.24, 2.45) is 18.9 Å². The summed E-state index contributed by atoms with van der Waals surface area (Å²) in [5, 5.41) is 9.27. The molecule has 3 fully saturated rings. The molecule has 6 rings (SSSR count). The van der Waals surface area contributed by atoms with Gasteiger partial charge in [0.15, 0.2) is 11.5 Å². The number of rotatable bonds is 6. The van der Waals surface area contributed by atoms with Gasteiger partial charge >= 0.3 is 12.4 Å². The van der Waals surface area contributed by atoms with Crippen LogP contribution in [0.1, 0.15) is 52.0 Å². The molecule has 2 atom stereocenters. The summed E-state index contributed by atoms with van der Waals surface area (Å²) in [5.41, 5.74) is -1.73. The summed E-state index contributed by atoms with van der Waals surface area (Å²) in [6, 6.07) is 2.98. The number of piperazine rings is 1. The summed E-state index contributed by atoms with van der Waals surface area (Å²) in [6.45, 7) is 3.10. The zero-order chi connectivity index (χ0) is 34.5. The normalized spacial score (nSPS) is 20.6. The Bertz CT molecular complexity index is 1720. The molecule has 2 N–H and O–H groups in total. The van der Waals surface area contributed by atoms with Gasteiger partial charge in [0.25, 0.3) is 11.8 Å². The summed E-state index contributed by atoms with van der Waals surface area (Å²) in [6.07, 6.45) is -6.46. The number of amides is 3. The molecule has 1 aromatic carbocycles. The summed E-state index contributed by atoms with van der Waals surface area (Å²) in [5.74, 6) is -3.14. The molecule has 3 aliphatic rings. The van der Waals surface area contributed by atoms with Gasteiger partial charge in [-0.3, -0.25) is 19.1 Å². The van der Waals surface area contributed by atoms with E-state index in [-0.39, 0.29) is 51.9 Å². The molecule has 1 aliphatic carbocycles. The van der Waals surface area contributed by atoms with Crippen molar-refractivity contribution in [1.82, 2.24) is 34.4 Å². The number of aromatic nitrogens is 4. The lowest BCUT2D eigenvalue weighted by molar-refractivity contribution is -0.150. The van der Waals surface area contributed by atoms with E-state index in [2.05, 4.69) is 20.7 Å². The van der Waals surface area contributed by atoms with Crippen LogP contribution in [0.3, 0.4) is 0 Å². The van der Waals surface area contributed by atoms with E-state index in [9.17, 15) is 40.7 Å². The summed E-state index contributed by atoms with van der Waals surface area (Å²) in [4.78, 5) is 46.5. The first-order valence-electron chi connectivity index (χ1n) is 15.3. The first kappa shape index (κ1) is 33.8. The first-order valence-corrected chi connectivity index (χ1v) is 15.7. The Kier molecular flexibility index (Phi) is 8.95. The van der Waals surface area contributed by atoms with Gasteiger partial charge < -0.3 is 25.0 Å². The SMILES string of the molecule is Cn1c(-c2cn(C3CC3C(F)(F)F)nc2C(F)(F)F)cnc1C(=O)Nc1ccc(C(=O)N2CCN(C(=O)C3CCNCC3)CC2)c(Cl)c1. The van der Waals surface area contributed by atoms with Crippen molar-refractivity contribution in [3.05, 3.63) is 52.7 Å². The summed E-state index contributed by atoms with van der Waals surface area (Å²) in [7, 11) is 1.29. The number of anilines is 1. The number of benzene rings is 1. The minimum Gasteiger partial charge on any atom is -0.339 e. The third kappa shape index (κ3) is 6.74. The molecule has 48 heavy (non-hydrogen) atoms. The van der Waals surface area contributed by atoms with Crippen LogP contribution in [0, 0.1) is 11.8 Å². The molecule has 2 aliphatic heterocycles. The van der Waals surface area contributed by atoms with Crippen LogP contribution in [0.15, 0.2) is 30.6 Å². The number of hydrogen-bond acceptors (Lipinski definition) is 6. The van der Waals surface area contributed by atoms with E-state index in [0.29, 0.717) is 30.9 Å². The molecule has 0 spiro atoms. The van der Waals surface area contributed by atoms with E-state index in [0.717, 1.165) is 42.9 Å². The number of alkyl halides is 6. The number of piperidine rings is 1. The fourth-order valence-electron chi connectivity index (χ4n) is 6.24. The van der Waals surface area contributed by atoms with Gasteiger partial charge in [-0.15, -0.1) is 0 Å². The van der Waals surface area contributed by atoms with E-state index >= 15 is 0 Å². The van der Waals surface area contributed by atoms with Gasteiger partial charge in [0, 0.05) is 51.0 Å². The van der Waals surface area contributed by atoms with Crippen LogP contribution in [0.25, 0.3) is 11.3 Å². The van der Waals surface area contributed by atoms with Crippen LogP contribution >= 0.6 is 11.6 Å². The van der Waals surface area contributed by atoms with Crippen LogP contribution in [-0.4, -0.2) is 92.3 Å². The molecule has 11 nitrogen and oxygen atoms in total. The monoisotopic (exact) mass is 700 g/mol. The van der Waals surface area contributed by atoms with Crippen LogP contribution in [0.2, 0.25) is 5.02 Å². The minimum atomic E-state index is -4.98. The highest BCUT2D eigenvalue weighted by molar-refractivity contribution is 6.34. The summed E-state index contributed by atoms with van der Waals surface area (Å²) >= 11 is 6.42. The van der Waals surface area contributed by atoms with Crippen LogP contribution < -0.4 is 10.6 Å². The number of nitrogens with zero attached hydrogens (tertiary/aromatic N) is 6. The third-order valence-corrected chi connectivity index (χ3v) is 9.32. The molecule has 3 aromatic rings. The number of hydrogen-bond donors (Lipinski definition) is 2. The highest BCUT2D eigenvalue weighted by atomic mass is 35.5. The zero-order valence-corrected chi connectivity index (χ0v) is 26.3. The number of halogens is 7. The zero-order valence-electron chi connectivity index (χ0n) is 25.5. The maximum absolute atomic E-state index is 13.8. The predicted octanol–water partition coefficient (Wildman–Crippen LogP) is 4.62. The molecule has 2 unspecified atom stereocenters. The number of imidazole rings is 1. The van der Waals surface area contributed by atoms with E-state index in [1.165, 1.54) is 25.2 Å². The lowest BCUT2D eigenvalue weighted by atomic mass is 9.96. The summed E-state index contributed by atoms with van der Waals surface area (Å²) < 4.78 is 82.5. The molecular formula is C30H31ClF6N8O3. The maximum Gasteiger partial charge on any atom is 0.435 e. The standard InChI is InChI=1S/C30H31ClF6N8O3/c1-42-23(19-15-45(41-24(19)30(35,36)37)22-13-20(22)29(32,33)34)14-39-25(42)26(46)40-17-2-3-18(21(31)12-17)28(48)44-10-8-43(9-11-44)27(47)16-4-6-38-7-5-16/h2-3,12,14-16,20,22,38H,4-11,13H2,1H3,(H,40,46). The Morgan fingerprint density at radius 3 is 2.27 bits per heavy atom. The second kappa shape index (κ2) is 12.7. The van der Waals surface area contributed by atoms with Crippen molar-refractivity contribution in [2.45, 2.75) is 37.7 Å². The minimum absolute atomic E-state index is 0.0125. The van der Waals surface area contributed by atoms with E-state index in [1.807, 2.05) is 0 Å². The topological polar surface area (TPSA) is 117 Å². The van der Waals surface area contributed by atoms with Gasteiger partial charge in [0.05, 0.1) is 40.0 Å². The predicted molar refractivity (Wildman–Crippen MR) is 160 cm³/mol. The lowest BCUT2D eigenvalue weighted by Crippen LogP contribution is -2.52. The van der Waals surface area contributed by atoms with Crippen molar-refractivity contribution in [1.29, 1.82) is 0 Å². The van der Waals surface area contributed by atoms with Gasteiger partial charge in [0.1, 0.15) is 0 Å². The number of carbonyl (C=O) groups excluding carboxylic acids is 3. The average molecular weight is 701 g/mol. The fraction of sp³-hybridized carbons (Fsp3) is 0.500. The Balaban J connectivity index is 1.11. The lowest BCUT2D eigenvalue weighted by Gasteiger charge is -2.37. The third-order valence-electron chi connectivity index (χ3n) is 9.01. The van der Waals surface area contributed by atoms with Gasteiger partial charge in [-0.05, 0) is 50.6 Å². The molecule has 3 amide bonds. The fourth-order valence-corrected chi connectivity index (χ4v) is 6.50. The van der Waals surface area contributed by atoms with Crippen LogP contribution in [-0.2, 0) is 18.0 Å². The van der Waals surface area contributed by atoms with Gasteiger partial charge in [-0.25, -0.2) is 4.98 Å². The first-order chi connectivity index (χ1) is 22.6. The number of nitrogens with one attached hydrogen (secondary N) is 2. The molecule has 0 bridgehead atoms. The van der Waals surface area contributed by atoms with Crippen LogP contribution in [0.5, 0.6) is 0 Å². The molecular weight excluding hydrogens is 670 g/mol. The number of carbonyl (C=O) groups is 3. The largest absolute Gasteiger partial charge is 0.435 e. The average Bonchev–Trinajstić information content (AvgIpc) is 3.60. The quantitative estimate of drug-likeness (QED) is 0.363. The van der Waals surface area contributed by atoms with E-state index in [4.69, 9.17) is 11.6 Å². The van der Waals surface area contributed by atoms with Crippen LogP contribution in [0.4, 0.5) is 32.0 Å². The molecule has 1 saturated carbocycles. The Morgan fingerprint density at radius 1 is 1.00 bits per heavy atom. The molecule has 2 saturated heterocycles. The highest BCUT2D eigenvalue weighted by Crippen LogP contribution is 2.54. The van der Waals surface area contributed by atoms with Gasteiger partial charge in [-0.1, -0.05) is 11.6 Å². The Hall–Kier alpha value is -4.12. The van der Waals surface area contributed by atoms with Crippen molar-refractivity contribution in [3.8, 4) is 11.3 Å². The van der Waals surface area contributed by atoms with E-state index in [1.54, 1.807) is 9.80 Å². The second-order valence-electron chi connectivity index (χ2n) is 12.1. The second-order valence-corrected chi connectivity index (χ2v) is 12.5. The van der Waals surface area contributed by atoms with E-state index < -0.39 is 41.5 Å². The Labute approximate surface area is 275 Å². The maximum atomic E-state index is 13.8. The highest BCUT2D eigenvalue weighted by Gasteiger charge is 2.57. The van der Waals surface area contributed by atoms with Crippen molar-refractivity contribution in [2.75, 3.05) is 44.6 Å². The smallest absolute Gasteiger partial charge is 0.339 e. The molecule has 258 valence electrons.